The van der Waals surface area contributed by atoms with Gasteiger partial charge in [0, 0.05) is 11.3 Å². The van der Waals surface area contributed by atoms with Crippen molar-refractivity contribution in [3.63, 3.8) is 0 Å². The predicted molar refractivity (Wildman–Crippen MR) is 70.2 cm³/mol. The molecule has 4 heteroatoms. The van der Waals surface area contributed by atoms with Crippen LogP contribution in [0.1, 0.15) is 61.1 Å². The summed E-state index contributed by atoms with van der Waals surface area (Å²) in [5, 5.41) is 2.72. The molecule has 3 unspecified atom stereocenters. The predicted octanol–water partition coefficient (Wildman–Crippen LogP) is 3.17. The number of carbonyl (C=O) groups is 1. The molecule has 1 heterocycles. The zero-order valence-electron chi connectivity index (χ0n) is 10.5. The summed E-state index contributed by atoms with van der Waals surface area (Å²) in [5.74, 6) is 1.07. The Bertz CT molecular complexity index is 400. The Morgan fingerprint density at radius 1 is 1.59 bits per heavy atom. The molecule has 1 aliphatic rings. The van der Waals surface area contributed by atoms with Gasteiger partial charge >= 0.3 is 0 Å². The highest BCUT2D eigenvalue weighted by Gasteiger charge is 2.27. The molecule has 94 valence electrons. The Morgan fingerprint density at radius 2 is 2.35 bits per heavy atom. The molecule has 1 saturated carbocycles. The van der Waals surface area contributed by atoms with E-state index in [-0.39, 0.29) is 17.7 Å². The molecular weight excluding hydrogens is 232 g/mol. The molecule has 0 spiro atoms. The quantitative estimate of drug-likeness (QED) is 0.841. The third kappa shape index (κ3) is 2.93. The van der Waals surface area contributed by atoms with Crippen LogP contribution in [-0.4, -0.2) is 10.8 Å². The minimum Gasteiger partial charge on any atom is -0.322 e. The minimum absolute atomic E-state index is 0.0770. The highest BCUT2D eigenvalue weighted by atomic mass is 32.1. The van der Waals surface area contributed by atoms with E-state index in [1.807, 2.05) is 12.3 Å². The van der Waals surface area contributed by atoms with E-state index < -0.39 is 0 Å². The molecule has 0 aliphatic heterocycles. The van der Waals surface area contributed by atoms with Crippen molar-refractivity contribution >= 4 is 17.1 Å². The lowest BCUT2D eigenvalue weighted by Gasteiger charge is -2.24. The van der Waals surface area contributed by atoms with Crippen LogP contribution in [0.2, 0.25) is 0 Å². The molecule has 3 atom stereocenters. The lowest BCUT2D eigenvalue weighted by Crippen LogP contribution is -2.22. The first-order valence-corrected chi connectivity index (χ1v) is 7.21. The van der Waals surface area contributed by atoms with E-state index in [0.717, 1.165) is 17.8 Å². The van der Waals surface area contributed by atoms with Gasteiger partial charge in [0.2, 0.25) is 0 Å². The van der Waals surface area contributed by atoms with Crippen molar-refractivity contribution in [2.45, 2.75) is 45.6 Å². The number of aromatic nitrogens is 1. The Hall–Kier alpha value is -0.740. The molecule has 0 bridgehead atoms. The fourth-order valence-electron chi connectivity index (χ4n) is 2.49. The van der Waals surface area contributed by atoms with Gasteiger partial charge in [-0.1, -0.05) is 19.8 Å². The number of thiazole rings is 1. The van der Waals surface area contributed by atoms with Crippen LogP contribution in [0, 0.1) is 11.8 Å². The van der Waals surface area contributed by atoms with E-state index >= 15 is 0 Å². The Morgan fingerprint density at radius 3 is 2.94 bits per heavy atom. The number of hydrogen-bond acceptors (Lipinski definition) is 4. The maximum Gasteiger partial charge on any atom is 0.185 e. The number of Topliss-reactive ketones (excluding diaryl/α,β-unsaturated/α-hetero) is 1. The molecule has 17 heavy (non-hydrogen) atoms. The molecule has 1 aliphatic carbocycles. The summed E-state index contributed by atoms with van der Waals surface area (Å²) < 4.78 is 0. The average Bonchev–Trinajstić information content (AvgIpc) is 2.77. The summed E-state index contributed by atoms with van der Waals surface area (Å²) in [7, 11) is 0. The fraction of sp³-hybridized carbons (Fsp3) is 0.692. The number of rotatable bonds is 3. The second-order valence-corrected chi connectivity index (χ2v) is 6.08. The topological polar surface area (TPSA) is 56.0 Å². The van der Waals surface area contributed by atoms with Gasteiger partial charge in [-0.25, -0.2) is 4.98 Å². The standard InChI is InChI=1S/C13H20N2OS/c1-8-4-3-5-10(6-8)12(16)11-7-17-13(15-11)9(2)14/h7-10H,3-6,14H2,1-2H3. The minimum atomic E-state index is -0.0770. The maximum absolute atomic E-state index is 12.3. The van der Waals surface area contributed by atoms with Crippen molar-refractivity contribution < 1.29 is 4.79 Å². The third-order valence-corrected chi connectivity index (χ3v) is 4.52. The first kappa shape index (κ1) is 12.7. The molecule has 2 N–H and O–H groups in total. The third-order valence-electron chi connectivity index (χ3n) is 3.47. The van der Waals surface area contributed by atoms with Crippen molar-refractivity contribution in [2.24, 2.45) is 17.6 Å². The SMILES string of the molecule is CC1CCCC(C(=O)c2csc(C(C)N)n2)C1. The number of nitrogens with zero attached hydrogens (tertiary/aromatic N) is 1. The molecule has 1 aromatic heterocycles. The summed E-state index contributed by atoms with van der Waals surface area (Å²) in [5.41, 5.74) is 6.39. The molecule has 2 rings (SSSR count). The van der Waals surface area contributed by atoms with Gasteiger partial charge in [0.15, 0.2) is 5.78 Å². The first-order valence-electron chi connectivity index (χ1n) is 6.33. The van der Waals surface area contributed by atoms with E-state index in [1.54, 1.807) is 0 Å². The largest absolute Gasteiger partial charge is 0.322 e. The summed E-state index contributed by atoms with van der Waals surface area (Å²) in [6.45, 7) is 4.13. The van der Waals surface area contributed by atoms with Gasteiger partial charge in [-0.15, -0.1) is 11.3 Å². The monoisotopic (exact) mass is 252 g/mol. The van der Waals surface area contributed by atoms with Crippen LogP contribution in [-0.2, 0) is 0 Å². The van der Waals surface area contributed by atoms with Crippen LogP contribution in [0.25, 0.3) is 0 Å². The Kier molecular flexibility index (Phi) is 3.94. The number of nitrogens with two attached hydrogens (primary N) is 1. The molecule has 0 radical (unpaired) electrons. The van der Waals surface area contributed by atoms with E-state index in [0.29, 0.717) is 11.6 Å². The smallest absolute Gasteiger partial charge is 0.185 e. The first-order chi connectivity index (χ1) is 8.08. The van der Waals surface area contributed by atoms with Gasteiger partial charge in [-0.05, 0) is 25.7 Å². The summed E-state index contributed by atoms with van der Waals surface area (Å²) in [6.07, 6.45) is 4.46. The highest BCUT2D eigenvalue weighted by molar-refractivity contribution is 7.09. The normalized spacial score (nSPS) is 26.8. The second-order valence-electron chi connectivity index (χ2n) is 5.19. The van der Waals surface area contributed by atoms with Crippen molar-refractivity contribution in [1.29, 1.82) is 0 Å². The van der Waals surface area contributed by atoms with Crippen LogP contribution < -0.4 is 5.73 Å². The van der Waals surface area contributed by atoms with E-state index in [1.165, 1.54) is 24.2 Å². The zero-order valence-corrected chi connectivity index (χ0v) is 11.3. The lowest BCUT2D eigenvalue weighted by molar-refractivity contribution is 0.0863. The Labute approximate surface area is 106 Å². The van der Waals surface area contributed by atoms with Crippen LogP contribution in [0.3, 0.4) is 0 Å². The summed E-state index contributed by atoms with van der Waals surface area (Å²) >= 11 is 1.49. The van der Waals surface area contributed by atoms with Gasteiger partial charge < -0.3 is 5.73 Å². The molecule has 0 saturated heterocycles. The lowest BCUT2D eigenvalue weighted by atomic mass is 9.80. The van der Waals surface area contributed by atoms with Crippen LogP contribution in [0.15, 0.2) is 5.38 Å². The van der Waals surface area contributed by atoms with Crippen molar-refractivity contribution in [3.05, 3.63) is 16.1 Å². The van der Waals surface area contributed by atoms with Crippen LogP contribution in [0.4, 0.5) is 0 Å². The molecule has 0 aromatic carbocycles. The summed E-state index contributed by atoms with van der Waals surface area (Å²) in [4.78, 5) is 16.6. The number of ketones is 1. The molecule has 0 amide bonds. The van der Waals surface area contributed by atoms with Crippen molar-refractivity contribution in [3.8, 4) is 0 Å². The number of carbonyl (C=O) groups excluding carboxylic acids is 1. The van der Waals surface area contributed by atoms with Crippen molar-refractivity contribution in [1.82, 2.24) is 4.98 Å². The van der Waals surface area contributed by atoms with Gasteiger partial charge in [-0.2, -0.15) is 0 Å². The second kappa shape index (κ2) is 5.27. The number of hydrogen-bond donors (Lipinski definition) is 1. The highest BCUT2D eigenvalue weighted by Crippen LogP contribution is 2.31. The van der Waals surface area contributed by atoms with E-state index in [2.05, 4.69) is 11.9 Å². The van der Waals surface area contributed by atoms with Crippen LogP contribution in [0.5, 0.6) is 0 Å². The van der Waals surface area contributed by atoms with Gasteiger partial charge in [0.05, 0.1) is 6.04 Å². The molecular formula is C13H20N2OS. The van der Waals surface area contributed by atoms with Gasteiger partial charge in [0.25, 0.3) is 0 Å². The van der Waals surface area contributed by atoms with E-state index in [4.69, 9.17) is 5.73 Å². The Balaban J connectivity index is 2.07. The van der Waals surface area contributed by atoms with Gasteiger partial charge in [-0.3, -0.25) is 4.79 Å². The summed E-state index contributed by atoms with van der Waals surface area (Å²) in [6, 6.07) is -0.0770. The average molecular weight is 252 g/mol. The molecule has 1 fully saturated rings. The van der Waals surface area contributed by atoms with Crippen molar-refractivity contribution in [2.75, 3.05) is 0 Å². The van der Waals surface area contributed by atoms with Gasteiger partial charge in [0.1, 0.15) is 10.7 Å². The van der Waals surface area contributed by atoms with E-state index in [9.17, 15) is 4.79 Å². The molecule has 3 nitrogen and oxygen atoms in total. The maximum atomic E-state index is 12.3. The fourth-order valence-corrected chi connectivity index (χ4v) is 3.26. The van der Waals surface area contributed by atoms with Crippen LogP contribution >= 0.6 is 11.3 Å². The molecule has 1 aromatic rings. The zero-order chi connectivity index (χ0) is 12.4.